The Balaban J connectivity index is 2.47. The summed E-state index contributed by atoms with van der Waals surface area (Å²) < 4.78 is 1.96. The fraction of sp³-hybridized carbons (Fsp3) is 0.462. The minimum Gasteiger partial charge on any atom is -0.481 e. The monoisotopic (exact) mass is 313 g/mol. The molecule has 0 aliphatic carbocycles. The average Bonchev–Trinajstić information content (AvgIpc) is 2.62. The summed E-state index contributed by atoms with van der Waals surface area (Å²) >= 11 is 7.12. The molecular formula is C13H16ClN3O2S. The van der Waals surface area contributed by atoms with E-state index < -0.39 is 5.97 Å². The number of hydrogen-bond acceptors (Lipinski definition) is 4. The topological polar surface area (TPSA) is 68.0 Å². The van der Waals surface area contributed by atoms with Gasteiger partial charge in [-0.1, -0.05) is 44.1 Å². The van der Waals surface area contributed by atoms with E-state index in [0.717, 1.165) is 5.65 Å². The van der Waals surface area contributed by atoms with Crippen molar-refractivity contribution in [3.05, 3.63) is 17.3 Å². The molecule has 2 heterocycles. The van der Waals surface area contributed by atoms with Gasteiger partial charge < -0.3 is 9.67 Å². The lowest BCUT2D eigenvalue weighted by Gasteiger charge is -2.20. The van der Waals surface area contributed by atoms with Crippen molar-refractivity contribution in [1.29, 1.82) is 0 Å². The van der Waals surface area contributed by atoms with E-state index in [0.29, 0.717) is 22.2 Å². The van der Waals surface area contributed by atoms with Gasteiger partial charge in [0.1, 0.15) is 5.52 Å². The lowest BCUT2D eigenvalue weighted by molar-refractivity contribution is -0.133. The molecule has 0 bridgehead atoms. The highest BCUT2D eigenvalue weighted by atomic mass is 35.5. The summed E-state index contributed by atoms with van der Waals surface area (Å²) in [5, 5.41) is 10.0. The van der Waals surface area contributed by atoms with Crippen LogP contribution in [-0.2, 0) is 11.3 Å². The molecule has 0 aromatic carbocycles. The van der Waals surface area contributed by atoms with Crippen LogP contribution in [0.4, 0.5) is 0 Å². The second kappa shape index (κ2) is 5.61. The molecule has 0 saturated heterocycles. The summed E-state index contributed by atoms with van der Waals surface area (Å²) in [6, 6.07) is 1.74. The van der Waals surface area contributed by atoms with Gasteiger partial charge in [-0.15, -0.1) is 0 Å². The van der Waals surface area contributed by atoms with Gasteiger partial charge in [-0.2, -0.15) is 0 Å². The van der Waals surface area contributed by atoms with Crippen LogP contribution < -0.4 is 0 Å². The standard InChI is InChI=1S/C13H16ClN3O2S/c1-13(2,3)7-17-11-9(4-8(14)5-15-11)16-12(17)20-6-10(18)19/h4-5H,6-7H2,1-3H3,(H,18,19). The van der Waals surface area contributed by atoms with Gasteiger partial charge >= 0.3 is 5.97 Å². The number of aromatic nitrogens is 3. The average molecular weight is 314 g/mol. The Morgan fingerprint density at radius 1 is 1.50 bits per heavy atom. The van der Waals surface area contributed by atoms with Gasteiger partial charge in [-0.05, 0) is 11.5 Å². The second-order valence-corrected chi connectivity index (χ2v) is 7.10. The lowest BCUT2D eigenvalue weighted by atomic mass is 9.97. The smallest absolute Gasteiger partial charge is 0.313 e. The molecule has 5 nitrogen and oxygen atoms in total. The summed E-state index contributed by atoms with van der Waals surface area (Å²) in [6.07, 6.45) is 1.58. The largest absolute Gasteiger partial charge is 0.481 e. The number of thioether (sulfide) groups is 1. The molecule has 2 rings (SSSR count). The van der Waals surface area contributed by atoms with Crippen molar-refractivity contribution in [1.82, 2.24) is 14.5 Å². The summed E-state index contributed by atoms with van der Waals surface area (Å²) in [5.41, 5.74) is 1.46. The first-order chi connectivity index (χ1) is 9.26. The number of rotatable bonds is 4. The van der Waals surface area contributed by atoms with E-state index in [-0.39, 0.29) is 11.2 Å². The minimum absolute atomic E-state index is 0.0266. The van der Waals surface area contributed by atoms with Crippen molar-refractivity contribution in [2.75, 3.05) is 5.75 Å². The highest BCUT2D eigenvalue weighted by molar-refractivity contribution is 7.99. The zero-order chi connectivity index (χ0) is 14.9. The molecule has 0 spiro atoms. The molecule has 0 fully saturated rings. The SMILES string of the molecule is CC(C)(C)Cn1c(SCC(=O)O)nc2cc(Cl)cnc21. The summed E-state index contributed by atoms with van der Waals surface area (Å²) in [5.74, 6) is -0.892. The number of carboxylic acids is 1. The highest BCUT2D eigenvalue weighted by Crippen LogP contribution is 2.28. The van der Waals surface area contributed by atoms with Gasteiger partial charge in [0, 0.05) is 12.7 Å². The molecule has 0 amide bonds. The number of fused-ring (bicyclic) bond motifs is 1. The number of carboxylic acid groups (broad SMARTS) is 1. The summed E-state index contributed by atoms with van der Waals surface area (Å²) in [7, 11) is 0. The van der Waals surface area contributed by atoms with E-state index in [1.807, 2.05) is 4.57 Å². The first-order valence-electron chi connectivity index (χ1n) is 6.13. The van der Waals surface area contributed by atoms with Crippen LogP contribution in [0.2, 0.25) is 5.02 Å². The predicted octanol–water partition coefficient (Wildman–Crippen LogP) is 3.31. The lowest BCUT2D eigenvalue weighted by Crippen LogP contribution is -2.16. The van der Waals surface area contributed by atoms with Crippen molar-refractivity contribution < 1.29 is 9.90 Å². The fourth-order valence-corrected chi connectivity index (χ4v) is 2.69. The predicted molar refractivity (Wildman–Crippen MR) is 80.4 cm³/mol. The summed E-state index contributed by atoms with van der Waals surface area (Å²) in [4.78, 5) is 19.5. The van der Waals surface area contributed by atoms with Gasteiger partial charge in [0.15, 0.2) is 10.8 Å². The van der Waals surface area contributed by atoms with Crippen molar-refractivity contribution in [2.45, 2.75) is 32.5 Å². The van der Waals surface area contributed by atoms with Gasteiger partial charge in [0.05, 0.1) is 10.8 Å². The quantitative estimate of drug-likeness (QED) is 0.877. The van der Waals surface area contributed by atoms with E-state index in [9.17, 15) is 4.79 Å². The van der Waals surface area contributed by atoms with Crippen LogP contribution in [0, 0.1) is 5.41 Å². The molecule has 0 radical (unpaired) electrons. The molecule has 1 N–H and O–H groups in total. The Morgan fingerprint density at radius 2 is 2.20 bits per heavy atom. The van der Waals surface area contributed by atoms with E-state index in [2.05, 4.69) is 30.7 Å². The fourth-order valence-electron chi connectivity index (χ4n) is 1.82. The van der Waals surface area contributed by atoms with Gasteiger partial charge in [-0.25, -0.2) is 9.97 Å². The number of hydrogen-bond donors (Lipinski definition) is 1. The van der Waals surface area contributed by atoms with E-state index >= 15 is 0 Å². The number of pyridine rings is 1. The minimum atomic E-state index is -0.865. The van der Waals surface area contributed by atoms with Crippen molar-refractivity contribution in [3.8, 4) is 0 Å². The van der Waals surface area contributed by atoms with Crippen LogP contribution in [0.1, 0.15) is 20.8 Å². The third-order valence-electron chi connectivity index (χ3n) is 2.47. The molecule has 0 aliphatic heterocycles. The molecule has 7 heteroatoms. The van der Waals surface area contributed by atoms with Crippen LogP contribution in [-0.4, -0.2) is 31.4 Å². The van der Waals surface area contributed by atoms with Gasteiger partial charge in [0.2, 0.25) is 0 Å². The van der Waals surface area contributed by atoms with Gasteiger partial charge in [0.25, 0.3) is 0 Å². The number of nitrogens with zero attached hydrogens (tertiary/aromatic N) is 3. The number of halogens is 1. The van der Waals surface area contributed by atoms with Gasteiger partial charge in [-0.3, -0.25) is 4.79 Å². The maximum Gasteiger partial charge on any atom is 0.313 e. The Labute approximate surface area is 126 Å². The van der Waals surface area contributed by atoms with Crippen LogP contribution in [0.3, 0.4) is 0 Å². The maximum atomic E-state index is 10.7. The van der Waals surface area contributed by atoms with Crippen LogP contribution >= 0.6 is 23.4 Å². The third-order valence-corrected chi connectivity index (χ3v) is 3.64. The zero-order valence-electron chi connectivity index (χ0n) is 11.6. The first-order valence-corrected chi connectivity index (χ1v) is 7.49. The molecule has 20 heavy (non-hydrogen) atoms. The number of imidazole rings is 1. The summed E-state index contributed by atoms with van der Waals surface area (Å²) in [6.45, 7) is 7.04. The molecule has 0 atom stereocenters. The van der Waals surface area contributed by atoms with E-state index in [1.165, 1.54) is 11.8 Å². The zero-order valence-corrected chi connectivity index (χ0v) is 13.1. The number of aliphatic carboxylic acids is 1. The van der Waals surface area contributed by atoms with Crippen LogP contribution in [0.5, 0.6) is 0 Å². The maximum absolute atomic E-state index is 10.7. The van der Waals surface area contributed by atoms with Crippen LogP contribution in [0.15, 0.2) is 17.4 Å². The van der Waals surface area contributed by atoms with Crippen LogP contribution in [0.25, 0.3) is 11.2 Å². The molecule has 2 aromatic heterocycles. The molecule has 0 unspecified atom stereocenters. The van der Waals surface area contributed by atoms with E-state index in [4.69, 9.17) is 16.7 Å². The Hall–Kier alpha value is -1.27. The van der Waals surface area contributed by atoms with Crippen molar-refractivity contribution in [2.24, 2.45) is 5.41 Å². The Morgan fingerprint density at radius 3 is 2.80 bits per heavy atom. The second-order valence-electron chi connectivity index (χ2n) is 5.72. The Kier molecular flexibility index (Phi) is 4.25. The normalized spacial score (nSPS) is 12.0. The van der Waals surface area contributed by atoms with Crippen molar-refractivity contribution >= 4 is 40.5 Å². The molecule has 0 aliphatic rings. The molecule has 108 valence electrons. The first kappa shape index (κ1) is 15.1. The van der Waals surface area contributed by atoms with Crippen molar-refractivity contribution in [3.63, 3.8) is 0 Å². The third kappa shape index (κ3) is 3.64. The molecule has 2 aromatic rings. The van der Waals surface area contributed by atoms with E-state index in [1.54, 1.807) is 12.3 Å². The molecular weight excluding hydrogens is 298 g/mol. The molecule has 0 saturated carbocycles. The highest BCUT2D eigenvalue weighted by Gasteiger charge is 2.19. The Bertz CT molecular complexity index is 649. The number of carbonyl (C=O) groups is 1.